The van der Waals surface area contributed by atoms with E-state index in [0.717, 1.165) is 0 Å². The maximum atomic E-state index is 4.60. The van der Waals surface area contributed by atoms with Gasteiger partial charge in [-0.1, -0.05) is 67.2 Å². The Hall–Kier alpha value is -0.440. The van der Waals surface area contributed by atoms with Crippen molar-refractivity contribution >= 4 is 0 Å². The van der Waals surface area contributed by atoms with Crippen LogP contribution < -0.4 is 0 Å². The van der Waals surface area contributed by atoms with Gasteiger partial charge in [0.1, 0.15) is 0 Å². The first-order chi connectivity index (χ1) is 5.91. The van der Waals surface area contributed by atoms with Gasteiger partial charge in [-0.2, -0.15) is 0 Å². The number of hydrogen-bond donors (Lipinski definition) is 0. The lowest BCUT2D eigenvalue weighted by atomic mass is 10.4. The Bertz CT molecular complexity index is 55.0. The summed E-state index contributed by atoms with van der Waals surface area (Å²) in [6.07, 6.45) is 12.1. The summed E-state index contributed by atoms with van der Waals surface area (Å²) in [5.74, 6) is 2.25. The van der Waals surface area contributed by atoms with Crippen LogP contribution >= 0.6 is 0 Å². The van der Waals surface area contributed by atoms with E-state index in [0.29, 0.717) is 0 Å². The van der Waals surface area contributed by atoms with E-state index in [1.54, 1.807) is 6.92 Å². The molecule has 0 saturated heterocycles. The second kappa shape index (κ2) is 41.7. The second-order valence-electron chi connectivity index (χ2n) is 2.06. The molecule has 0 aromatic rings. The quantitative estimate of drug-likeness (QED) is 0.452. The molecule has 0 spiro atoms. The van der Waals surface area contributed by atoms with Crippen LogP contribution in [0.4, 0.5) is 0 Å². The van der Waals surface area contributed by atoms with Gasteiger partial charge >= 0.3 is 0 Å². The zero-order valence-electron chi connectivity index (χ0n) is 9.61. The molecule has 0 amide bonds. The predicted molar refractivity (Wildman–Crippen MR) is 67.0 cm³/mol. The van der Waals surface area contributed by atoms with Crippen LogP contribution in [0.5, 0.6) is 0 Å². The largest absolute Gasteiger partial charge is 0.120 e. The van der Waals surface area contributed by atoms with Crippen molar-refractivity contribution in [3.63, 3.8) is 0 Å². The number of hydrogen-bond acceptors (Lipinski definition) is 0. The summed E-state index contributed by atoms with van der Waals surface area (Å²) in [4.78, 5) is 0. The number of terminal acetylenes is 1. The molecule has 1 rings (SSSR count). The maximum Gasteiger partial charge on any atom is -0.00297 e. The Morgan fingerprint density at radius 1 is 0.769 bits per heavy atom. The summed E-state index contributed by atoms with van der Waals surface area (Å²) in [6.45, 7) is 9.65. The SMILES string of the molecule is C.C#CC.C1CCCC1.CC.CC. The highest BCUT2D eigenvalue weighted by molar-refractivity contribution is 4.73. The van der Waals surface area contributed by atoms with Crippen LogP contribution in [0.2, 0.25) is 0 Å². The van der Waals surface area contributed by atoms with Crippen molar-refractivity contribution in [2.24, 2.45) is 0 Å². The van der Waals surface area contributed by atoms with Crippen LogP contribution in [0, 0.1) is 12.3 Å². The molecule has 0 radical (unpaired) electrons. The molecule has 0 N–H and O–H groups in total. The molecule has 82 valence electrons. The summed E-state index contributed by atoms with van der Waals surface area (Å²) in [5, 5.41) is 0. The van der Waals surface area contributed by atoms with Gasteiger partial charge in [-0.3, -0.25) is 0 Å². The summed E-state index contributed by atoms with van der Waals surface area (Å²) in [6, 6.07) is 0. The number of rotatable bonds is 0. The van der Waals surface area contributed by atoms with Crippen LogP contribution in [0.3, 0.4) is 0 Å². The van der Waals surface area contributed by atoms with Crippen molar-refractivity contribution in [1.29, 1.82) is 0 Å². The molecule has 0 atom stereocenters. The lowest BCUT2D eigenvalue weighted by Crippen LogP contribution is -1.47. The summed E-state index contributed by atoms with van der Waals surface area (Å²) >= 11 is 0. The highest BCUT2D eigenvalue weighted by Crippen LogP contribution is 2.15. The van der Waals surface area contributed by atoms with Crippen LogP contribution in [-0.4, -0.2) is 0 Å². The molecule has 1 aliphatic rings. The molecule has 1 fully saturated rings. The maximum absolute atomic E-state index is 4.60. The van der Waals surface area contributed by atoms with Crippen LogP contribution in [-0.2, 0) is 0 Å². The van der Waals surface area contributed by atoms with E-state index in [4.69, 9.17) is 0 Å². The minimum absolute atomic E-state index is 0. The lowest BCUT2D eigenvalue weighted by Gasteiger charge is -1.67. The minimum atomic E-state index is 0. The van der Waals surface area contributed by atoms with Gasteiger partial charge in [0, 0.05) is 0 Å². The molecule has 0 nitrogen and oxygen atoms in total. The van der Waals surface area contributed by atoms with Gasteiger partial charge in [0.25, 0.3) is 0 Å². The van der Waals surface area contributed by atoms with Gasteiger partial charge in [-0.05, 0) is 6.92 Å². The van der Waals surface area contributed by atoms with Crippen molar-refractivity contribution in [3.05, 3.63) is 0 Å². The molecule has 0 aliphatic heterocycles. The zero-order valence-corrected chi connectivity index (χ0v) is 9.61. The van der Waals surface area contributed by atoms with Gasteiger partial charge in [-0.15, -0.1) is 12.3 Å². The van der Waals surface area contributed by atoms with Gasteiger partial charge in [-0.25, -0.2) is 0 Å². The van der Waals surface area contributed by atoms with Crippen molar-refractivity contribution < 1.29 is 0 Å². The third kappa shape index (κ3) is 50.8. The molecule has 1 aliphatic carbocycles. The van der Waals surface area contributed by atoms with Crippen molar-refractivity contribution in [2.45, 2.75) is 74.1 Å². The molecule has 0 bridgehead atoms. The topological polar surface area (TPSA) is 0 Å². The molecule has 0 aromatic carbocycles. The minimum Gasteiger partial charge on any atom is -0.120 e. The lowest BCUT2D eigenvalue weighted by molar-refractivity contribution is 0.886. The smallest absolute Gasteiger partial charge is 0.00297 e. The van der Waals surface area contributed by atoms with E-state index in [2.05, 4.69) is 12.3 Å². The zero-order chi connectivity index (χ0) is 10.2. The third-order valence-electron chi connectivity index (χ3n) is 1.25. The van der Waals surface area contributed by atoms with E-state index in [1.807, 2.05) is 27.7 Å². The fraction of sp³-hybridized carbons (Fsp3) is 0.846. The third-order valence-corrected chi connectivity index (χ3v) is 1.25. The van der Waals surface area contributed by atoms with Crippen LogP contribution in [0.1, 0.15) is 74.1 Å². The fourth-order valence-electron chi connectivity index (χ4n) is 0.884. The van der Waals surface area contributed by atoms with E-state index < -0.39 is 0 Å². The highest BCUT2D eigenvalue weighted by atomic mass is 14.0. The van der Waals surface area contributed by atoms with E-state index in [-0.39, 0.29) is 7.43 Å². The molecule has 0 aromatic heterocycles. The Kier molecular flexibility index (Phi) is 73.5. The van der Waals surface area contributed by atoms with Gasteiger partial charge in [0.15, 0.2) is 0 Å². The Morgan fingerprint density at radius 3 is 0.923 bits per heavy atom. The molecule has 0 unspecified atom stereocenters. The fourth-order valence-corrected chi connectivity index (χ4v) is 0.884. The van der Waals surface area contributed by atoms with Gasteiger partial charge < -0.3 is 0 Å². The van der Waals surface area contributed by atoms with Crippen LogP contribution in [0.15, 0.2) is 0 Å². The Labute approximate surface area is 87.1 Å². The second-order valence-corrected chi connectivity index (χ2v) is 2.06. The average molecular weight is 186 g/mol. The molecular formula is C13H30. The van der Waals surface area contributed by atoms with E-state index in [1.165, 1.54) is 32.1 Å². The molecule has 0 heteroatoms. The van der Waals surface area contributed by atoms with Crippen LogP contribution in [0.25, 0.3) is 0 Å². The first-order valence-corrected chi connectivity index (χ1v) is 5.29. The summed E-state index contributed by atoms with van der Waals surface area (Å²) < 4.78 is 0. The standard InChI is InChI=1S/C5H10.C3H4.2C2H6.CH4/c1-2-4-5-3-1;1-3-2;2*1-2;/h1-5H2;1H,2H3;2*1-2H3;1H4. The van der Waals surface area contributed by atoms with Gasteiger partial charge in [0.2, 0.25) is 0 Å². The highest BCUT2D eigenvalue weighted by Gasteiger charge is 1.95. The van der Waals surface area contributed by atoms with Gasteiger partial charge in [0.05, 0.1) is 0 Å². The normalized spacial score (nSPS) is 10.8. The summed E-state index contributed by atoms with van der Waals surface area (Å²) in [5.41, 5.74) is 0. The monoisotopic (exact) mass is 186 g/mol. The van der Waals surface area contributed by atoms with E-state index >= 15 is 0 Å². The first kappa shape index (κ1) is 22.9. The molecular weight excluding hydrogens is 156 g/mol. The average Bonchev–Trinajstić information content (AvgIpc) is 2.69. The summed E-state index contributed by atoms with van der Waals surface area (Å²) in [7, 11) is 0. The van der Waals surface area contributed by atoms with Crippen molar-refractivity contribution in [2.75, 3.05) is 0 Å². The molecule has 13 heavy (non-hydrogen) atoms. The van der Waals surface area contributed by atoms with E-state index in [9.17, 15) is 0 Å². The Morgan fingerprint density at radius 2 is 0.846 bits per heavy atom. The predicted octanol–water partition coefficient (Wildman–Crippen LogP) is 5.28. The molecule has 0 heterocycles. The molecule has 1 saturated carbocycles. The first-order valence-electron chi connectivity index (χ1n) is 5.29. The van der Waals surface area contributed by atoms with Crippen molar-refractivity contribution in [1.82, 2.24) is 0 Å². The van der Waals surface area contributed by atoms with Crippen molar-refractivity contribution in [3.8, 4) is 12.3 Å². The Balaban J connectivity index is -0.0000000453.